The second kappa shape index (κ2) is 5.10. The van der Waals surface area contributed by atoms with Gasteiger partial charge in [-0.15, -0.1) is 0 Å². The summed E-state index contributed by atoms with van der Waals surface area (Å²) >= 11 is 0. The fraction of sp³-hybridized carbons (Fsp3) is 0.800. The summed E-state index contributed by atoms with van der Waals surface area (Å²) in [7, 11) is 1.50. The second-order valence-corrected chi connectivity index (χ2v) is 3.59. The monoisotopic (exact) mass is 199 g/mol. The fourth-order valence-corrected chi connectivity index (χ4v) is 1.71. The molecule has 1 aliphatic rings. The van der Waals surface area contributed by atoms with E-state index in [-0.39, 0.29) is 24.2 Å². The largest absolute Gasteiger partial charge is 0.375 e. The van der Waals surface area contributed by atoms with E-state index < -0.39 is 0 Å². The molecular weight excluding hydrogens is 182 g/mol. The summed E-state index contributed by atoms with van der Waals surface area (Å²) in [6.45, 7) is 3.21. The first kappa shape index (κ1) is 11.2. The van der Waals surface area contributed by atoms with Crippen molar-refractivity contribution in [1.82, 2.24) is 4.90 Å². The maximum Gasteiger partial charge on any atom is 0.248 e. The number of nitrogens with zero attached hydrogens (tertiary/aromatic N) is 1. The quantitative estimate of drug-likeness (QED) is 0.663. The molecule has 80 valence electrons. The van der Waals surface area contributed by atoms with Crippen molar-refractivity contribution in [2.75, 3.05) is 26.8 Å². The summed E-state index contributed by atoms with van der Waals surface area (Å²) in [6, 6.07) is 0. The number of amides is 1. The van der Waals surface area contributed by atoms with E-state index in [1.807, 2.05) is 6.92 Å². The predicted octanol–water partition coefficient (Wildman–Crippen LogP) is 0.460. The van der Waals surface area contributed by atoms with Gasteiger partial charge in [0.1, 0.15) is 12.4 Å². The molecule has 4 heteroatoms. The highest BCUT2D eigenvalue weighted by atomic mass is 16.5. The van der Waals surface area contributed by atoms with Gasteiger partial charge in [-0.3, -0.25) is 9.59 Å². The third-order valence-electron chi connectivity index (χ3n) is 2.64. The molecule has 0 aliphatic carbocycles. The summed E-state index contributed by atoms with van der Waals surface area (Å²) in [5.41, 5.74) is 0. The molecule has 14 heavy (non-hydrogen) atoms. The minimum atomic E-state index is -0.0153. The maximum atomic E-state index is 11.5. The fourth-order valence-electron chi connectivity index (χ4n) is 1.71. The molecule has 0 N–H and O–H groups in total. The minimum absolute atomic E-state index is 0.0153. The first-order valence-electron chi connectivity index (χ1n) is 4.98. The number of Topliss-reactive ketones (excluding diaryl/α,β-unsaturated/α-hetero) is 1. The first-order valence-corrected chi connectivity index (χ1v) is 4.98. The van der Waals surface area contributed by atoms with Crippen LogP contribution in [0, 0.1) is 5.92 Å². The number of ketones is 1. The van der Waals surface area contributed by atoms with Crippen LogP contribution in [0.1, 0.15) is 19.8 Å². The van der Waals surface area contributed by atoms with Gasteiger partial charge < -0.3 is 9.64 Å². The summed E-state index contributed by atoms with van der Waals surface area (Å²) in [6.07, 6.45) is 1.31. The van der Waals surface area contributed by atoms with Crippen molar-refractivity contribution in [2.24, 2.45) is 5.92 Å². The summed E-state index contributed by atoms with van der Waals surface area (Å²) in [4.78, 5) is 24.6. The van der Waals surface area contributed by atoms with Gasteiger partial charge in [-0.2, -0.15) is 0 Å². The molecule has 0 radical (unpaired) electrons. The third-order valence-corrected chi connectivity index (χ3v) is 2.64. The molecule has 1 amide bonds. The molecule has 1 fully saturated rings. The lowest BCUT2D eigenvalue weighted by molar-refractivity contribution is -0.140. The lowest BCUT2D eigenvalue weighted by Gasteiger charge is -2.31. The van der Waals surface area contributed by atoms with Crippen LogP contribution in [0.5, 0.6) is 0 Å². The molecule has 0 saturated carbocycles. The summed E-state index contributed by atoms with van der Waals surface area (Å²) in [5.74, 6) is 0.303. The zero-order valence-corrected chi connectivity index (χ0v) is 8.78. The Balaban J connectivity index is 2.49. The Hall–Kier alpha value is -0.900. The summed E-state index contributed by atoms with van der Waals surface area (Å²) < 4.78 is 4.78. The van der Waals surface area contributed by atoms with Crippen molar-refractivity contribution in [1.29, 1.82) is 0 Å². The van der Waals surface area contributed by atoms with Crippen molar-refractivity contribution >= 4 is 11.7 Å². The highest BCUT2D eigenvalue weighted by molar-refractivity contribution is 5.85. The van der Waals surface area contributed by atoms with E-state index in [9.17, 15) is 9.59 Å². The van der Waals surface area contributed by atoms with E-state index in [0.29, 0.717) is 19.5 Å². The molecule has 0 aromatic heterocycles. The summed E-state index contributed by atoms with van der Waals surface area (Å²) in [5, 5.41) is 0. The van der Waals surface area contributed by atoms with E-state index in [2.05, 4.69) is 0 Å². The standard InChI is InChI=1S/C10H17NO3/c1-3-8-6-11(5-4-9(8)12)10(13)7-14-2/h8H,3-7H2,1-2H3. The third kappa shape index (κ3) is 2.54. The molecule has 0 aromatic carbocycles. The molecule has 1 unspecified atom stereocenters. The molecular formula is C10H17NO3. The number of carbonyl (C=O) groups excluding carboxylic acids is 2. The Bertz CT molecular complexity index is 227. The van der Waals surface area contributed by atoms with Gasteiger partial charge in [0, 0.05) is 32.5 Å². The van der Waals surface area contributed by atoms with Crippen molar-refractivity contribution in [3.8, 4) is 0 Å². The van der Waals surface area contributed by atoms with E-state index in [0.717, 1.165) is 6.42 Å². The first-order chi connectivity index (χ1) is 6.69. The number of likely N-dealkylation sites (tertiary alicyclic amines) is 1. The molecule has 1 rings (SSSR count). The Morgan fingerprint density at radius 2 is 2.36 bits per heavy atom. The van der Waals surface area contributed by atoms with Crippen LogP contribution in [0.3, 0.4) is 0 Å². The average Bonchev–Trinajstić information content (AvgIpc) is 2.19. The smallest absolute Gasteiger partial charge is 0.248 e. The zero-order valence-electron chi connectivity index (χ0n) is 8.78. The van der Waals surface area contributed by atoms with Crippen LogP contribution in [0.25, 0.3) is 0 Å². The number of carbonyl (C=O) groups is 2. The van der Waals surface area contributed by atoms with Crippen molar-refractivity contribution in [3.63, 3.8) is 0 Å². The lowest BCUT2D eigenvalue weighted by Crippen LogP contribution is -2.45. The van der Waals surface area contributed by atoms with E-state index in [4.69, 9.17) is 4.74 Å². The van der Waals surface area contributed by atoms with Gasteiger partial charge in [-0.25, -0.2) is 0 Å². The number of methoxy groups -OCH3 is 1. The van der Waals surface area contributed by atoms with Crippen LogP contribution in [-0.2, 0) is 14.3 Å². The highest BCUT2D eigenvalue weighted by Crippen LogP contribution is 2.15. The van der Waals surface area contributed by atoms with Crippen LogP contribution >= 0.6 is 0 Å². The van der Waals surface area contributed by atoms with Gasteiger partial charge in [0.25, 0.3) is 0 Å². The van der Waals surface area contributed by atoms with Crippen LogP contribution in [0.15, 0.2) is 0 Å². The van der Waals surface area contributed by atoms with E-state index >= 15 is 0 Å². The number of hydrogen-bond donors (Lipinski definition) is 0. The van der Waals surface area contributed by atoms with E-state index in [1.54, 1.807) is 4.90 Å². The van der Waals surface area contributed by atoms with E-state index in [1.165, 1.54) is 7.11 Å². The minimum Gasteiger partial charge on any atom is -0.375 e. The van der Waals surface area contributed by atoms with Crippen LogP contribution in [0.4, 0.5) is 0 Å². The number of ether oxygens (including phenoxy) is 1. The van der Waals surface area contributed by atoms with Gasteiger partial charge in [-0.1, -0.05) is 6.92 Å². The predicted molar refractivity (Wildman–Crippen MR) is 51.9 cm³/mol. The lowest BCUT2D eigenvalue weighted by atomic mass is 9.94. The van der Waals surface area contributed by atoms with Gasteiger partial charge in [-0.05, 0) is 6.42 Å². The second-order valence-electron chi connectivity index (χ2n) is 3.59. The highest BCUT2D eigenvalue weighted by Gasteiger charge is 2.27. The molecule has 1 heterocycles. The Morgan fingerprint density at radius 1 is 1.64 bits per heavy atom. The Morgan fingerprint density at radius 3 is 2.93 bits per heavy atom. The Kier molecular flexibility index (Phi) is 4.07. The molecule has 0 spiro atoms. The number of rotatable bonds is 3. The van der Waals surface area contributed by atoms with Crippen molar-refractivity contribution in [2.45, 2.75) is 19.8 Å². The molecule has 0 bridgehead atoms. The topological polar surface area (TPSA) is 46.6 Å². The normalized spacial score (nSPS) is 22.6. The molecule has 0 aromatic rings. The van der Waals surface area contributed by atoms with Crippen LogP contribution in [0.2, 0.25) is 0 Å². The molecule has 1 atom stereocenters. The van der Waals surface area contributed by atoms with Crippen molar-refractivity contribution < 1.29 is 14.3 Å². The van der Waals surface area contributed by atoms with Crippen LogP contribution < -0.4 is 0 Å². The number of piperidine rings is 1. The maximum absolute atomic E-state index is 11.5. The van der Waals surface area contributed by atoms with Gasteiger partial charge in [0.2, 0.25) is 5.91 Å². The van der Waals surface area contributed by atoms with Gasteiger partial charge in [0.15, 0.2) is 0 Å². The SMILES string of the molecule is CCC1CN(C(=O)COC)CCC1=O. The van der Waals surface area contributed by atoms with Gasteiger partial charge in [0.05, 0.1) is 0 Å². The molecule has 1 aliphatic heterocycles. The molecule has 1 saturated heterocycles. The van der Waals surface area contributed by atoms with Crippen LogP contribution in [-0.4, -0.2) is 43.4 Å². The van der Waals surface area contributed by atoms with Gasteiger partial charge >= 0.3 is 0 Å². The Labute approximate surface area is 84.2 Å². The zero-order chi connectivity index (χ0) is 10.6. The van der Waals surface area contributed by atoms with Crippen molar-refractivity contribution in [3.05, 3.63) is 0 Å². The molecule has 4 nitrogen and oxygen atoms in total. The average molecular weight is 199 g/mol. The number of hydrogen-bond acceptors (Lipinski definition) is 3.